The standard InChI is InChI=1S/C13H18N2O3S/c1-3-13(16)11-6-4-7-12(10-11)19(17,18)15(2)9-5-8-14/h4,6-7,10,13,16H,3,5,9H2,1-2H3. The van der Waals surface area contributed by atoms with E-state index >= 15 is 0 Å². The lowest BCUT2D eigenvalue weighted by atomic mass is 10.1. The van der Waals surface area contributed by atoms with Crippen LogP contribution in [0.25, 0.3) is 0 Å². The Morgan fingerprint density at radius 3 is 2.74 bits per heavy atom. The topological polar surface area (TPSA) is 81.4 Å². The molecule has 1 aromatic carbocycles. The largest absolute Gasteiger partial charge is 0.388 e. The van der Waals surface area contributed by atoms with Gasteiger partial charge in [-0.25, -0.2) is 8.42 Å². The average molecular weight is 282 g/mol. The summed E-state index contributed by atoms with van der Waals surface area (Å²) in [5, 5.41) is 18.2. The van der Waals surface area contributed by atoms with E-state index in [-0.39, 0.29) is 17.9 Å². The maximum atomic E-state index is 12.2. The fraction of sp³-hybridized carbons (Fsp3) is 0.462. The molecule has 0 bridgehead atoms. The maximum Gasteiger partial charge on any atom is 0.242 e. The Morgan fingerprint density at radius 1 is 1.47 bits per heavy atom. The third-order valence-electron chi connectivity index (χ3n) is 2.88. The van der Waals surface area contributed by atoms with Gasteiger partial charge in [-0.1, -0.05) is 19.1 Å². The number of hydrogen-bond acceptors (Lipinski definition) is 4. The van der Waals surface area contributed by atoms with Crippen molar-refractivity contribution in [1.82, 2.24) is 4.31 Å². The van der Waals surface area contributed by atoms with E-state index in [4.69, 9.17) is 5.26 Å². The number of nitrogens with zero attached hydrogens (tertiary/aromatic N) is 2. The van der Waals surface area contributed by atoms with Gasteiger partial charge in [0.05, 0.1) is 17.1 Å². The van der Waals surface area contributed by atoms with E-state index in [0.717, 1.165) is 4.31 Å². The SMILES string of the molecule is CCC(O)c1cccc(S(=O)(=O)N(C)CCC#N)c1. The van der Waals surface area contributed by atoms with Crippen LogP contribution in [0.4, 0.5) is 0 Å². The molecule has 0 saturated heterocycles. The highest BCUT2D eigenvalue weighted by Gasteiger charge is 2.21. The highest BCUT2D eigenvalue weighted by Crippen LogP contribution is 2.21. The Labute approximate surface area is 114 Å². The van der Waals surface area contributed by atoms with Crippen molar-refractivity contribution >= 4 is 10.0 Å². The fourth-order valence-electron chi connectivity index (χ4n) is 1.63. The molecule has 6 heteroatoms. The zero-order valence-corrected chi connectivity index (χ0v) is 11.9. The Bertz CT molecular complexity index is 563. The number of sulfonamides is 1. The molecule has 0 spiro atoms. The minimum atomic E-state index is -3.60. The predicted octanol–water partition coefficient (Wildman–Crippen LogP) is 1.66. The van der Waals surface area contributed by atoms with E-state index in [2.05, 4.69) is 0 Å². The van der Waals surface area contributed by atoms with E-state index in [1.807, 2.05) is 13.0 Å². The van der Waals surface area contributed by atoms with Crippen molar-refractivity contribution in [1.29, 1.82) is 5.26 Å². The average Bonchev–Trinajstić information content (AvgIpc) is 2.43. The molecular formula is C13H18N2O3S. The highest BCUT2D eigenvalue weighted by molar-refractivity contribution is 7.89. The first-order chi connectivity index (χ1) is 8.93. The number of benzene rings is 1. The van der Waals surface area contributed by atoms with Crippen LogP contribution in [0.3, 0.4) is 0 Å². The smallest absolute Gasteiger partial charge is 0.242 e. The molecule has 0 aliphatic carbocycles. The molecule has 0 aliphatic rings. The molecule has 19 heavy (non-hydrogen) atoms. The summed E-state index contributed by atoms with van der Waals surface area (Å²) in [4.78, 5) is 0.137. The predicted molar refractivity (Wildman–Crippen MR) is 71.7 cm³/mol. The van der Waals surface area contributed by atoms with Gasteiger partial charge in [0.1, 0.15) is 0 Å². The number of nitriles is 1. The van der Waals surface area contributed by atoms with Crippen LogP contribution in [0.15, 0.2) is 29.2 Å². The van der Waals surface area contributed by atoms with Gasteiger partial charge in [-0.15, -0.1) is 0 Å². The highest BCUT2D eigenvalue weighted by atomic mass is 32.2. The quantitative estimate of drug-likeness (QED) is 0.860. The Hall–Kier alpha value is -1.42. The fourth-order valence-corrected chi connectivity index (χ4v) is 2.85. The van der Waals surface area contributed by atoms with Crippen LogP contribution in [-0.4, -0.2) is 31.4 Å². The molecule has 1 rings (SSSR count). The van der Waals surface area contributed by atoms with Gasteiger partial charge < -0.3 is 5.11 Å². The summed E-state index contributed by atoms with van der Waals surface area (Å²) in [6.07, 6.45) is 0.000369. The second kappa shape index (κ2) is 6.66. The molecule has 0 heterocycles. The van der Waals surface area contributed by atoms with Crippen LogP contribution < -0.4 is 0 Å². The molecular weight excluding hydrogens is 264 g/mol. The second-order valence-corrected chi connectivity index (χ2v) is 6.28. The number of aliphatic hydroxyl groups excluding tert-OH is 1. The summed E-state index contributed by atoms with van der Waals surface area (Å²) in [5.74, 6) is 0. The van der Waals surface area contributed by atoms with Gasteiger partial charge in [0.25, 0.3) is 0 Å². The molecule has 0 radical (unpaired) electrons. The van der Waals surface area contributed by atoms with Crippen LogP contribution in [0.5, 0.6) is 0 Å². The van der Waals surface area contributed by atoms with Gasteiger partial charge in [0.2, 0.25) is 10.0 Å². The van der Waals surface area contributed by atoms with E-state index in [0.29, 0.717) is 12.0 Å². The zero-order valence-electron chi connectivity index (χ0n) is 11.1. The molecule has 0 aliphatic heterocycles. The Balaban J connectivity index is 3.05. The van der Waals surface area contributed by atoms with Crippen LogP contribution in [-0.2, 0) is 10.0 Å². The minimum absolute atomic E-state index is 0.137. The molecule has 104 valence electrons. The van der Waals surface area contributed by atoms with Gasteiger partial charge >= 0.3 is 0 Å². The third kappa shape index (κ3) is 3.77. The van der Waals surface area contributed by atoms with Crippen LogP contribution >= 0.6 is 0 Å². The summed E-state index contributed by atoms with van der Waals surface area (Å²) >= 11 is 0. The molecule has 1 unspecified atom stereocenters. The lowest BCUT2D eigenvalue weighted by molar-refractivity contribution is 0.173. The van der Waals surface area contributed by atoms with Gasteiger partial charge in [-0.05, 0) is 24.1 Å². The lowest BCUT2D eigenvalue weighted by Crippen LogP contribution is -2.27. The first kappa shape index (κ1) is 15.6. The summed E-state index contributed by atoms with van der Waals surface area (Å²) < 4.78 is 25.6. The van der Waals surface area contributed by atoms with E-state index in [9.17, 15) is 13.5 Å². The van der Waals surface area contributed by atoms with Crippen LogP contribution in [0, 0.1) is 11.3 Å². The first-order valence-electron chi connectivity index (χ1n) is 6.04. The van der Waals surface area contributed by atoms with Crippen molar-refractivity contribution in [3.05, 3.63) is 29.8 Å². The summed E-state index contributed by atoms with van der Waals surface area (Å²) in [6, 6.07) is 8.19. The second-order valence-electron chi connectivity index (χ2n) is 4.23. The molecule has 1 N–H and O–H groups in total. The number of rotatable bonds is 6. The summed E-state index contributed by atoms with van der Waals surface area (Å²) in [7, 11) is -2.16. The number of aliphatic hydroxyl groups is 1. The van der Waals surface area contributed by atoms with Gasteiger partial charge in [-0.3, -0.25) is 0 Å². The van der Waals surface area contributed by atoms with Gasteiger partial charge in [0.15, 0.2) is 0 Å². The monoisotopic (exact) mass is 282 g/mol. The van der Waals surface area contributed by atoms with E-state index in [1.54, 1.807) is 12.1 Å². The Morgan fingerprint density at radius 2 is 2.16 bits per heavy atom. The van der Waals surface area contributed by atoms with Crippen LogP contribution in [0.1, 0.15) is 31.4 Å². The lowest BCUT2D eigenvalue weighted by Gasteiger charge is -2.17. The third-order valence-corrected chi connectivity index (χ3v) is 4.73. The molecule has 0 aromatic heterocycles. The van der Waals surface area contributed by atoms with E-state index in [1.165, 1.54) is 19.2 Å². The van der Waals surface area contributed by atoms with Gasteiger partial charge in [-0.2, -0.15) is 9.57 Å². The van der Waals surface area contributed by atoms with Crippen molar-refractivity contribution in [3.8, 4) is 6.07 Å². The van der Waals surface area contributed by atoms with Crippen LogP contribution in [0.2, 0.25) is 0 Å². The van der Waals surface area contributed by atoms with E-state index < -0.39 is 16.1 Å². The van der Waals surface area contributed by atoms with Gasteiger partial charge in [0, 0.05) is 20.0 Å². The maximum absolute atomic E-state index is 12.2. The summed E-state index contributed by atoms with van der Waals surface area (Å²) in [5.41, 5.74) is 0.581. The number of hydrogen-bond donors (Lipinski definition) is 1. The molecule has 1 aromatic rings. The molecule has 0 amide bonds. The van der Waals surface area contributed by atoms with Crippen molar-refractivity contribution in [2.24, 2.45) is 0 Å². The zero-order chi connectivity index (χ0) is 14.5. The van der Waals surface area contributed by atoms with Crippen molar-refractivity contribution in [3.63, 3.8) is 0 Å². The normalized spacial score (nSPS) is 13.2. The first-order valence-corrected chi connectivity index (χ1v) is 7.48. The van der Waals surface area contributed by atoms with Crippen molar-refractivity contribution < 1.29 is 13.5 Å². The molecule has 0 saturated carbocycles. The molecule has 5 nitrogen and oxygen atoms in total. The minimum Gasteiger partial charge on any atom is -0.388 e. The summed E-state index contributed by atoms with van der Waals surface area (Å²) in [6.45, 7) is 1.98. The van der Waals surface area contributed by atoms with Crippen molar-refractivity contribution in [2.75, 3.05) is 13.6 Å². The molecule has 0 fully saturated rings. The molecule has 1 atom stereocenters. The Kier molecular flexibility index (Phi) is 5.48. The van der Waals surface area contributed by atoms with Crippen molar-refractivity contribution in [2.45, 2.75) is 30.8 Å².